The molecule has 2 heterocycles. The summed E-state index contributed by atoms with van der Waals surface area (Å²) in [5.74, 6) is -4.52. The number of carbonyl (C=O) groups excluding carboxylic acids is 1. The van der Waals surface area contributed by atoms with E-state index in [0.29, 0.717) is 41.9 Å². The van der Waals surface area contributed by atoms with Crippen LogP contribution in [0.5, 0.6) is 0 Å². The largest absolute Gasteiger partial charge is 0.375 e. The number of aryl methyl sites for hydroxylation is 1. The lowest BCUT2D eigenvalue weighted by atomic mass is 10.0. The lowest BCUT2D eigenvalue weighted by Gasteiger charge is -2.31. The fourth-order valence-corrected chi connectivity index (χ4v) is 3.87. The van der Waals surface area contributed by atoms with Crippen LogP contribution in [0.15, 0.2) is 36.4 Å². The number of amides is 1. The molecule has 0 radical (unpaired) electrons. The van der Waals surface area contributed by atoms with E-state index >= 15 is 0 Å². The van der Waals surface area contributed by atoms with Crippen LogP contribution in [-0.4, -0.2) is 46.2 Å². The predicted molar refractivity (Wildman–Crippen MR) is 107 cm³/mol. The maximum absolute atomic E-state index is 14.9. The van der Waals surface area contributed by atoms with E-state index in [9.17, 15) is 18.0 Å². The maximum Gasteiger partial charge on any atom is 0.302 e. The van der Waals surface area contributed by atoms with Crippen molar-refractivity contribution < 1.29 is 22.7 Å². The molecule has 0 bridgehead atoms. The SMILES string of the molecule is C[C@H]1CN(C(=O)c2ccc(-c3cccc4c3nc(C(C)(F)F)n4C)cc2F)CCO1. The summed E-state index contributed by atoms with van der Waals surface area (Å²) in [5.41, 5.74) is 1.84. The van der Waals surface area contributed by atoms with Crippen molar-refractivity contribution in [3.05, 3.63) is 53.6 Å². The van der Waals surface area contributed by atoms with Crippen molar-refractivity contribution in [2.75, 3.05) is 19.7 Å². The van der Waals surface area contributed by atoms with Crippen molar-refractivity contribution in [1.82, 2.24) is 14.5 Å². The Hall–Kier alpha value is -2.87. The van der Waals surface area contributed by atoms with Gasteiger partial charge < -0.3 is 14.2 Å². The van der Waals surface area contributed by atoms with Gasteiger partial charge in [-0.2, -0.15) is 8.78 Å². The summed E-state index contributed by atoms with van der Waals surface area (Å²) in [6.07, 6.45) is -0.0994. The number of alkyl halides is 2. The average Bonchev–Trinajstić information content (AvgIpc) is 3.05. The number of benzene rings is 2. The van der Waals surface area contributed by atoms with Crippen LogP contribution in [0.1, 0.15) is 30.0 Å². The van der Waals surface area contributed by atoms with E-state index in [1.807, 2.05) is 6.92 Å². The quantitative estimate of drug-likeness (QED) is 0.637. The number of fused-ring (bicyclic) bond motifs is 1. The third kappa shape index (κ3) is 3.56. The molecule has 0 N–H and O–H groups in total. The Bertz CT molecular complexity index is 1120. The first-order valence-electron chi connectivity index (χ1n) is 9.71. The molecule has 0 aliphatic carbocycles. The minimum atomic E-state index is -3.11. The van der Waals surface area contributed by atoms with Crippen molar-refractivity contribution >= 4 is 16.9 Å². The van der Waals surface area contributed by atoms with Gasteiger partial charge in [0.2, 0.25) is 0 Å². The Kier molecular flexibility index (Phi) is 5.05. The number of aromatic nitrogens is 2. The number of carbonyl (C=O) groups is 1. The molecule has 5 nitrogen and oxygen atoms in total. The van der Waals surface area contributed by atoms with Gasteiger partial charge >= 0.3 is 5.92 Å². The van der Waals surface area contributed by atoms with E-state index in [-0.39, 0.29) is 17.5 Å². The smallest absolute Gasteiger partial charge is 0.302 e. The van der Waals surface area contributed by atoms with Crippen LogP contribution in [0.3, 0.4) is 0 Å². The van der Waals surface area contributed by atoms with Gasteiger partial charge in [0.1, 0.15) is 5.82 Å². The van der Waals surface area contributed by atoms with Gasteiger partial charge in [-0.25, -0.2) is 9.37 Å². The Balaban J connectivity index is 1.73. The van der Waals surface area contributed by atoms with Gasteiger partial charge in [0.15, 0.2) is 5.82 Å². The van der Waals surface area contributed by atoms with Gasteiger partial charge in [-0.15, -0.1) is 0 Å². The van der Waals surface area contributed by atoms with Gasteiger partial charge in [-0.3, -0.25) is 4.79 Å². The van der Waals surface area contributed by atoms with Crippen molar-refractivity contribution in [3.8, 4) is 11.1 Å². The number of imidazole rings is 1. The molecule has 1 aliphatic rings. The lowest BCUT2D eigenvalue weighted by Crippen LogP contribution is -2.44. The monoisotopic (exact) mass is 417 g/mol. The van der Waals surface area contributed by atoms with E-state index in [4.69, 9.17) is 4.74 Å². The molecule has 1 atom stereocenters. The van der Waals surface area contributed by atoms with Crippen LogP contribution < -0.4 is 0 Å². The third-order valence-corrected chi connectivity index (χ3v) is 5.34. The van der Waals surface area contributed by atoms with Gasteiger partial charge in [0, 0.05) is 32.6 Å². The van der Waals surface area contributed by atoms with Gasteiger partial charge in [-0.1, -0.05) is 18.2 Å². The molecule has 1 aliphatic heterocycles. The summed E-state index contributed by atoms with van der Waals surface area (Å²) in [6, 6.07) is 9.41. The second-order valence-corrected chi connectivity index (χ2v) is 7.68. The molecule has 3 aromatic rings. The molecule has 1 fully saturated rings. The molecule has 0 unspecified atom stereocenters. The van der Waals surface area contributed by atoms with Crippen molar-refractivity contribution in [1.29, 1.82) is 0 Å². The number of morpholine rings is 1. The Morgan fingerprint density at radius 2 is 2.03 bits per heavy atom. The van der Waals surface area contributed by atoms with Gasteiger partial charge in [0.25, 0.3) is 5.91 Å². The van der Waals surface area contributed by atoms with Crippen LogP contribution >= 0.6 is 0 Å². The van der Waals surface area contributed by atoms with E-state index in [0.717, 1.165) is 6.92 Å². The second kappa shape index (κ2) is 7.43. The van der Waals surface area contributed by atoms with Crippen LogP contribution in [-0.2, 0) is 17.7 Å². The van der Waals surface area contributed by atoms with Crippen LogP contribution in [0.25, 0.3) is 22.2 Å². The standard InChI is InChI=1S/C22H22F3N3O2/c1-13-12-28(9-10-30-13)20(29)16-8-7-14(11-17(16)23)15-5-4-6-18-19(15)26-21(27(18)3)22(2,24)25/h4-8,11,13H,9-10,12H2,1-3H3/t13-/m0/s1. The van der Waals surface area contributed by atoms with Crippen molar-refractivity contribution in [3.63, 3.8) is 0 Å². The number of halogens is 3. The highest BCUT2D eigenvalue weighted by Crippen LogP contribution is 2.34. The van der Waals surface area contributed by atoms with E-state index in [2.05, 4.69) is 4.98 Å². The van der Waals surface area contributed by atoms with E-state index < -0.39 is 17.6 Å². The molecule has 1 saturated heterocycles. The van der Waals surface area contributed by atoms with Crippen molar-refractivity contribution in [2.45, 2.75) is 25.9 Å². The fraction of sp³-hybridized carbons (Fsp3) is 0.364. The zero-order valence-corrected chi connectivity index (χ0v) is 17.0. The lowest BCUT2D eigenvalue weighted by molar-refractivity contribution is -0.0125. The minimum absolute atomic E-state index is 0.0261. The third-order valence-electron chi connectivity index (χ3n) is 5.34. The van der Waals surface area contributed by atoms with Crippen LogP contribution in [0.2, 0.25) is 0 Å². The molecular formula is C22H22F3N3O2. The molecular weight excluding hydrogens is 395 g/mol. The molecule has 0 saturated carbocycles. The topological polar surface area (TPSA) is 47.4 Å². The highest BCUT2D eigenvalue weighted by atomic mass is 19.3. The molecule has 1 aromatic heterocycles. The summed E-state index contributed by atoms with van der Waals surface area (Å²) in [5, 5.41) is 0. The summed E-state index contributed by atoms with van der Waals surface area (Å²) < 4.78 is 49.5. The van der Waals surface area contributed by atoms with E-state index in [1.165, 1.54) is 23.7 Å². The highest BCUT2D eigenvalue weighted by molar-refractivity contribution is 5.97. The Morgan fingerprint density at radius 1 is 1.27 bits per heavy atom. The average molecular weight is 417 g/mol. The van der Waals surface area contributed by atoms with Crippen LogP contribution in [0, 0.1) is 5.82 Å². The number of nitrogens with zero attached hydrogens (tertiary/aromatic N) is 3. The Morgan fingerprint density at radius 3 is 2.70 bits per heavy atom. The molecule has 2 aromatic carbocycles. The summed E-state index contributed by atoms with van der Waals surface area (Å²) in [6.45, 7) is 3.88. The number of para-hydroxylation sites is 1. The summed E-state index contributed by atoms with van der Waals surface area (Å²) >= 11 is 0. The molecule has 0 spiro atoms. The van der Waals surface area contributed by atoms with Gasteiger partial charge in [0.05, 0.1) is 29.3 Å². The number of hydrogen-bond donors (Lipinski definition) is 0. The normalized spacial score (nSPS) is 17.5. The highest BCUT2D eigenvalue weighted by Gasteiger charge is 2.31. The molecule has 158 valence electrons. The number of hydrogen-bond acceptors (Lipinski definition) is 3. The zero-order valence-electron chi connectivity index (χ0n) is 17.0. The predicted octanol–water partition coefficient (Wildman–Crippen LogP) is 4.35. The molecule has 8 heteroatoms. The molecule has 4 rings (SSSR count). The first-order chi connectivity index (χ1) is 14.2. The Labute approximate surface area is 172 Å². The number of ether oxygens (including phenoxy) is 1. The summed E-state index contributed by atoms with van der Waals surface area (Å²) in [7, 11) is 1.53. The maximum atomic E-state index is 14.9. The number of rotatable bonds is 3. The van der Waals surface area contributed by atoms with Crippen molar-refractivity contribution in [2.24, 2.45) is 7.05 Å². The van der Waals surface area contributed by atoms with E-state index in [1.54, 1.807) is 29.2 Å². The molecule has 30 heavy (non-hydrogen) atoms. The first kappa shape index (κ1) is 20.4. The zero-order chi connectivity index (χ0) is 21.6. The van der Waals surface area contributed by atoms with Crippen LogP contribution in [0.4, 0.5) is 13.2 Å². The first-order valence-corrected chi connectivity index (χ1v) is 9.71. The fourth-order valence-electron chi connectivity index (χ4n) is 3.87. The molecule has 1 amide bonds. The summed E-state index contributed by atoms with van der Waals surface area (Å²) in [4.78, 5) is 18.4. The minimum Gasteiger partial charge on any atom is -0.375 e. The van der Waals surface area contributed by atoms with Gasteiger partial charge in [-0.05, 0) is 30.7 Å². The second-order valence-electron chi connectivity index (χ2n) is 7.68.